The summed E-state index contributed by atoms with van der Waals surface area (Å²) in [6, 6.07) is 6.52. The molecule has 0 heterocycles. The van der Waals surface area contributed by atoms with Gasteiger partial charge in [-0.1, -0.05) is 13.0 Å². The Kier molecular flexibility index (Phi) is 11.4. The van der Waals surface area contributed by atoms with Crippen LogP contribution in [0.4, 0.5) is 39.5 Å². The Morgan fingerprint density at radius 2 is 1.34 bits per heavy atom. The van der Waals surface area contributed by atoms with Crippen molar-refractivity contribution in [2.45, 2.75) is 179 Å². The van der Waals surface area contributed by atoms with Crippen molar-refractivity contribution >= 4 is 0 Å². The van der Waals surface area contributed by atoms with Crippen LogP contribution < -0.4 is 4.74 Å². The molecule has 13 heteroatoms. The lowest BCUT2D eigenvalue weighted by molar-refractivity contribution is -0.464. The van der Waals surface area contributed by atoms with Crippen molar-refractivity contribution in [1.82, 2.24) is 0 Å². The van der Waals surface area contributed by atoms with E-state index in [0.29, 0.717) is 24.2 Å². The van der Waals surface area contributed by atoms with E-state index in [1.54, 1.807) is 13.8 Å². The molecule has 1 aromatic carbocycles. The highest BCUT2D eigenvalue weighted by Gasteiger charge is 2.85. The van der Waals surface area contributed by atoms with Gasteiger partial charge >= 0.3 is 24.1 Å². The van der Waals surface area contributed by atoms with Crippen LogP contribution in [0.5, 0.6) is 5.75 Å². The fourth-order valence-corrected chi connectivity index (χ4v) is 9.64. The molecule has 4 nitrogen and oxygen atoms in total. The Hall–Kier alpha value is -1.73. The molecule has 2 saturated carbocycles. The molecule has 3 aliphatic carbocycles. The number of benzene rings is 1. The van der Waals surface area contributed by atoms with E-state index >= 15 is 0 Å². The first kappa shape index (κ1) is 41.0. The molecule has 288 valence electrons. The summed E-state index contributed by atoms with van der Waals surface area (Å²) in [6.45, 7) is 15.8. The maximum absolute atomic E-state index is 13.4. The Labute approximate surface area is 290 Å². The first-order chi connectivity index (χ1) is 22.6. The largest absolute Gasteiger partial charge is 0.491 e. The van der Waals surface area contributed by atoms with Crippen molar-refractivity contribution in [3.8, 4) is 5.75 Å². The van der Waals surface area contributed by atoms with Gasteiger partial charge in [-0.05, 0) is 147 Å². The lowest BCUT2D eigenvalue weighted by atomic mass is 9.55. The van der Waals surface area contributed by atoms with Gasteiger partial charge in [0.15, 0.2) is 0 Å². The number of fused-ring (bicyclic) bond motifs is 5. The van der Waals surface area contributed by atoms with Gasteiger partial charge in [-0.3, -0.25) is 0 Å². The van der Waals surface area contributed by atoms with Crippen molar-refractivity contribution in [1.29, 1.82) is 0 Å². The minimum Gasteiger partial charge on any atom is -0.491 e. The summed E-state index contributed by atoms with van der Waals surface area (Å²) in [5, 5.41) is 0. The normalized spacial score (nSPS) is 27.8. The minimum atomic E-state index is -6.79. The predicted molar refractivity (Wildman–Crippen MR) is 171 cm³/mol. The lowest BCUT2D eigenvalue weighted by Crippen LogP contribution is -2.68. The van der Waals surface area contributed by atoms with Gasteiger partial charge < -0.3 is 18.9 Å². The lowest BCUT2D eigenvalue weighted by Gasteiger charge is -2.52. The number of ether oxygens (including phenoxy) is 4. The summed E-state index contributed by atoms with van der Waals surface area (Å²) in [5.74, 6) is 2.44. The van der Waals surface area contributed by atoms with Gasteiger partial charge in [-0.25, -0.2) is 0 Å². The molecule has 3 aliphatic rings. The second kappa shape index (κ2) is 13.9. The Balaban J connectivity index is 1.38. The van der Waals surface area contributed by atoms with Crippen molar-refractivity contribution in [2.24, 2.45) is 17.3 Å². The maximum Gasteiger partial charge on any atom is 0.435 e. The SMILES string of the molecule is CC(C)Oc1ccc2c(c1)CCC1C2CCC2(C)C(OC(C)(C)CC(C)(C)OC(C)CC(C)OC(C(F)(F)F)(C(F)(F)F)C(F)(F)F)CCC12. The first-order valence-electron chi connectivity index (χ1n) is 17.7. The molecule has 1 aromatic rings. The van der Waals surface area contributed by atoms with Crippen LogP contribution in [0.1, 0.15) is 124 Å². The zero-order valence-corrected chi connectivity index (χ0v) is 30.5. The van der Waals surface area contributed by atoms with Gasteiger partial charge in [0.05, 0.1) is 35.6 Å². The van der Waals surface area contributed by atoms with Gasteiger partial charge in [0.25, 0.3) is 0 Å². The van der Waals surface area contributed by atoms with Crippen molar-refractivity contribution in [2.75, 3.05) is 0 Å². The molecule has 0 saturated heterocycles. The fraction of sp³-hybridized carbons (Fsp3) is 0.838. The van der Waals surface area contributed by atoms with Crippen LogP contribution in [0.3, 0.4) is 0 Å². The van der Waals surface area contributed by atoms with Crippen LogP contribution in [-0.4, -0.2) is 59.7 Å². The highest BCUT2D eigenvalue weighted by atomic mass is 19.4. The van der Waals surface area contributed by atoms with Crippen molar-refractivity contribution < 1.29 is 58.5 Å². The van der Waals surface area contributed by atoms with Gasteiger partial charge in [-0.15, -0.1) is 0 Å². The van der Waals surface area contributed by atoms with E-state index in [2.05, 4.69) is 29.9 Å². The molecule has 7 atom stereocenters. The molecular weight excluding hydrogens is 679 g/mol. The second-order valence-electron chi connectivity index (χ2n) is 16.6. The number of hydrogen-bond donors (Lipinski definition) is 0. The molecule has 4 rings (SSSR count). The quantitative estimate of drug-likeness (QED) is 0.201. The highest BCUT2D eigenvalue weighted by Crippen LogP contribution is 2.62. The monoisotopic (exact) mass is 732 g/mol. The average Bonchev–Trinajstić information content (AvgIpc) is 3.23. The summed E-state index contributed by atoms with van der Waals surface area (Å²) in [7, 11) is 0. The van der Waals surface area contributed by atoms with Gasteiger partial charge in [0.1, 0.15) is 5.75 Å². The molecule has 0 aromatic heterocycles. The number of alkyl halides is 9. The number of halogens is 9. The first-order valence-corrected chi connectivity index (χ1v) is 17.7. The van der Waals surface area contributed by atoms with Crippen molar-refractivity contribution in [3.63, 3.8) is 0 Å². The molecule has 50 heavy (non-hydrogen) atoms. The topological polar surface area (TPSA) is 36.9 Å². The molecule has 0 bridgehead atoms. The standard InChI is InChI=1S/C37H53F9O4/c1-21(2)47-25-11-13-26-24(19-25)10-12-28-27(26)16-17-33(9)29(28)14-15-30(33)50-32(7,8)20-31(5,6)48-22(3)18-23(4)49-34(35(38,39)40,36(41,42)43)37(44,45)46/h11,13,19,21-23,27-30H,10,12,14-18,20H2,1-9H3. The summed E-state index contributed by atoms with van der Waals surface area (Å²) >= 11 is 0. The fourth-order valence-electron chi connectivity index (χ4n) is 9.64. The zero-order chi connectivity index (χ0) is 37.9. The molecule has 0 aliphatic heterocycles. The van der Waals surface area contributed by atoms with Gasteiger partial charge in [0.2, 0.25) is 0 Å². The van der Waals surface area contributed by atoms with Crippen LogP contribution in [0.15, 0.2) is 18.2 Å². The molecule has 7 unspecified atom stereocenters. The van der Waals surface area contributed by atoms with Crippen LogP contribution in [0.25, 0.3) is 0 Å². The molecule has 0 radical (unpaired) electrons. The van der Waals surface area contributed by atoms with E-state index < -0.39 is 54.0 Å². The van der Waals surface area contributed by atoms with E-state index in [4.69, 9.17) is 14.2 Å². The number of hydrogen-bond acceptors (Lipinski definition) is 4. The van der Waals surface area contributed by atoms with E-state index in [-0.39, 0.29) is 17.6 Å². The Morgan fingerprint density at radius 3 is 1.90 bits per heavy atom. The smallest absolute Gasteiger partial charge is 0.435 e. The van der Waals surface area contributed by atoms with E-state index in [0.717, 1.165) is 51.2 Å². The van der Waals surface area contributed by atoms with Crippen molar-refractivity contribution in [3.05, 3.63) is 29.3 Å². The van der Waals surface area contributed by atoms with Crippen LogP contribution >= 0.6 is 0 Å². The zero-order valence-electron chi connectivity index (χ0n) is 30.5. The maximum atomic E-state index is 13.4. The molecule has 0 spiro atoms. The van der Waals surface area contributed by atoms with Gasteiger partial charge in [0, 0.05) is 6.42 Å². The van der Waals surface area contributed by atoms with E-state index in [1.165, 1.54) is 18.1 Å². The summed E-state index contributed by atoms with van der Waals surface area (Å²) in [5.41, 5.74) is -5.27. The summed E-state index contributed by atoms with van der Waals surface area (Å²) in [4.78, 5) is 0. The third-order valence-corrected chi connectivity index (χ3v) is 11.1. The van der Waals surface area contributed by atoms with Crippen LogP contribution in [0.2, 0.25) is 0 Å². The molecular formula is C37H53F9O4. The average molecular weight is 733 g/mol. The highest BCUT2D eigenvalue weighted by molar-refractivity contribution is 5.41. The third-order valence-electron chi connectivity index (χ3n) is 11.1. The number of aryl methyl sites for hydroxylation is 1. The van der Waals surface area contributed by atoms with E-state index in [9.17, 15) is 39.5 Å². The Bertz CT molecular complexity index is 1280. The van der Waals surface area contributed by atoms with Crippen LogP contribution in [-0.2, 0) is 20.6 Å². The van der Waals surface area contributed by atoms with E-state index in [1.807, 2.05) is 27.7 Å². The minimum absolute atomic E-state index is 0.0199. The predicted octanol–water partition coefficient (Wildman–Crippen LogP) is 11.3. The second-order valence-corrected chi connectivity index (χ2v) is 16.6. The molecule has 2 fully saturated rings. The molecule has 0 amide bonds. The summed E-state index contributed by atoms with van der Waals surface area (Å²) < 4.78 is 143. The number of rotatable bonds is 12. The van der Waals surface area contributed by atoms with Crippen LogP contribution in [0, 0.1) is 17.3 Å². The Morgan fingerprint density at radius 1 is 0.760 bits per heavy atom. The molecule has 0 N–H and O–H groups in total. The van der Waals surface area contributed by atoms with Gasteiger partial charge in [-0.2, -0.15) is 39.5 Å². The third kappa shape index (κ3) is 8.24. The summed E-state index contributed by atoms with van der Waals surface area (Å²) in [6.07, 6.45) is -17.6.